The van der Waals surface area contributed by atoms with Crippen molar-refractivity contribution in [2.45, 2.75) is 50.8 Å². The first-order chi connectivity index (χ1) is 9.11. The van der Waals surface area contributed by atoms with Gasteiger partial charge in [-0.25, -0.2) is 8.42 Å². The maximum Gasteiger partial charge on any atom is 0.324 e. The molecule has 0 bridgehead atoms. The minimum atomic E-state index is -3.35. The Balaban J connectivity index is 2.48. The Labute approximate surface area is 126 Å². The number of nitrogens with zero attached hydrogens (tertiary/aromatic N) is 1. The van der Waals surface area contributed by atoms with E-state index in [9.17, 15) is 13.2 Å². The second-order valence-electron chi connectivity index (χ2n) is 6.01. The summed E-state index contributed by atoms with van der Waals surface area (Å²) >= 11 is 1.72. The van der Waals surface area contributed by atoms with Crippen LogP contribution in [-0.2, 0) is 19.6 Å². The molecule has 1 heterocycles. The predicted molar refractivity (Wildman–Crippen MR) is 82.4 cm³/mol. The van der Waals surface area contributed by atoms with Gasteiger partial charge in [0.2, 0.25) is 10.0 Å². The van der Waals surface area contributed by atoms with Crippen LogP contribution in [-0.4, -0.2) is 54.6 Å². The van der Waals surface area contributed by atoms with Crippen LogP contribution in [0.25, 0.3) is 0 Å². The van der Waals surface area contributed by atoms with Gasteiger partial charge >= 0.3 is 5.97 Å². The van der Waals surface area contributed by atoms with Gasteiger partial charge in [0, 0.05) is 17.0 Å². The molecule has 1 fully saturated rings. The quantitative estimate of drug-likeness (QED) is 0.571. The van der Waals surface area contributed by atoms with Crippen molar-refractivity contribution >= 4 is 27.8 Å². The Morgan fingerprint density at radius 2 is 2.00 bits per heavy atom. The van der Waals surface area contributed by atoms with Crippen LogP contribution in [0.5, 0.6) is 0 Å². The fourth-order valence-electron chi connectivity index (χ4n) is 2.12. The number of carbonyl (C=O) groups is 1. The number of piperidine rings is 1. The normalized spacial score (nSPS) is 21.7. The van der Waals surface area contributed by atoms with E-state index in [0.29, 0.717) is 19.6 Å². The minimum Gasteiger partial charge on any atom is -0.464 e. The number of hydrogen-bond donors (Lipinski definition) is 0. The van der Waals surface area contributed by atoms with Gasteiger partial charge in [0.05, 0.1) is 6.26 Å². The highest BCUT2D eigenvalue weighted by molar-refractivity contribution is 8.00. The third-order valence-electron chi connectivity index (χ3n) is 3.01. The second-order valence-corrected chi connectivity index (χ2v) is 9.87. The molecule has 20 heavy (non-hydrogen) atoms. The minimum absolute atomic E-state index is 0.135. The van der Waals surface area contributed by atoms with Crippen LogP contribution in [0.2, 0.25) is 0 Å². The molecule has 0 aromatic rings. The molecule has 0 aliphatic carbocycles. The van der Waals surface area contributed by atoms with E-state index in [0.717, 1.165) is 24.9 Å². The monoisotopic (exact) mass is 323 g/mol. The van der Waals surface area contributed by atoms with E-state index in [1.807, 2.05) is 0 Å². The van der Waals surface area contributed by atoms with Crippen LogP contribution in [0.15, 0.2) is 0 Å². The molecule has 0 aromatic carbocycles. The van der Waals surface area contributed by atoms with E-state index >= 15 is 0 Å². The van der Waals surface area contributed by atoms with Crippen LogP contribution in [0.4, 0.5) is 0 Å². The fraction of sp³-hybridized carbons (Fsp3) is 0.923. The molecule has 1 atom stereocenters. The van der Waals surface area contributed by atoms with Crippen LogP contribution in [0.3, 0.4) is 0 Å². The number of rotatable bonds is 5. The number of carbonyl (C=O) groups excluding carboxylic acids is 1. The summed E-state index contributed by atoms with van der Waals surface area (Å²) in [5, 5.41) is 0. The Bertz CT molecular complexity index is 428. The van der Waals surface area contributed by atoms with Crippen molar-refractivity contribution in [3.63, 3.8) is 0 Å². The summed E-state index contributed by atoms with van der Waals surface area (Å²) in [6, 6.07) is -0.640. The van der Waals surface area contributed by atoms with E-state index in [4.69, 9.17) is 4.74 Å². The number of esters is 1. The highest BCUT2D eigenvalue weighted by Crippen LogP contribution is 2.23. The fourth-order valence-corrected chi connectivity index (χ4v) is 4.02. The first-order valence-corrected chi connectivity index (χ1v) is 9.72. The predicted octanol–water partition coefficient (Wildman–Crippen LogP) is 1.88. The molecule has 0 radical (unpaired) electrons. The number of ether oxygens (including phenoxy) is 1. The molecule has 1 rings (SSSR count). The van der Waals surface area contributed by atoms with Gasteiger partial charge in [-0.15, -0.1) is 0 Å². The van der Waals surface area contributed by atoms with Crippen LogP contribution in [0.1, 0.15) is 40.0 Å². The molecule has 1 unspecified atom stereocenters. The summed E-state index contributed by atoms with van der Waals surface area (Å²) in [7, 11) is -3.35. The van der Waals surface area contributed by atoms with E-state index < -0.39 is 22.0 Å². The summed E-state index contributed by atoms with van der Waals surface area (Å²) in [5.41, 5.74) is 0. The molecule has 0 aromatic heterocycles. The largest absolute Gasteiger partial charge is 0.464 e. The summed E-state index contributed by atoms with van der Waals surface area (Å²) in [4.78, 5) is 12.0. The maximum atomic E-state index is 12.0. The van der Waals surface area contributed by atoms with Crippen molar-refractivity contribution in [1.82, 2.24) is 4.31 Å². The smallest absolute Gasteiger partial charge is 0.324 e. The third kappa shape index (κ3) is 6.01. The number of hydrogen-bond acceptors (Lipinski definition) is 5. The molecule has 1 saturated heterocycles. The lowest BCUT2D eigenvalue weighted by molar-refractivity contribution is -0.148. The first kappa shape index (κ1) is 17.8. The SMILES string of the molecule is CC(C)(C)SCCOC(=O)C1CCCCN1S(C)(=O)=O. The molecule has 1 aliphatic heterocycles. The zero-order chi connectivity index (χ0) is 15.4. The van der Waals surface area contributed by atoms with Gasteiger partial charge < -0.3 is 4.74 Å². The summed E-state index contributed by atoms with van der Waals surface area (Å²) in [6.45, 7) is 7.05. The van der Waals surface area contributed by atoms with Gasteiger partial charge in [-0.1, -0.05) is 20.8 Å². The zero-order valence-corrected chi connectivity index (χ0v) is 14.3. The lowest BCUT2D eigenvalue weighted by Gasteiger charge is -2.31. The van der Waals surface area contributed by atoms with E-state index in [-0.39, 0.29) is 4.75 Å². The lowest BCUT2D eigenvalue weighted by Crippen LogP contribution is -2.48. The van der Waals surface area contributed by atoms with Crippen LogP contribution >= 0.6 is 11.8 Å². The van der Waals surface area contributed by atoms with Gasteiger partial charge in [0.25, 0.3) is 0 Å². The Morgan fingerprint density at radius 3 is 2.55 bits per heavy atom. The van der Waals surface area contributed by atoms with E-state index in [2.05, 4.69) is 20.8 Å². The number of sulfonamides is 1. The molecule has 118 valence electrons. The lowest BCUT2D eigenvalue weighted by atomic mass is 10.1. The molecular formula is C13H25NO4S2. The summed E-state index contributed by atoms with van der Waals surface area (Å²) < 4.78 is 30.0. The van der Waals surface area contributed by atoms with Crippen molar-refractivity contribution in [2.24, 2.45) is 0 Å². The van der Waals surface area contributed by atoms with Crippen molar-refractivity contribution in [2.75, 3.05) is 25.2 Å². The molecule has 7 heteroatoms. The molecule has 0 saturated carbocycles. The molecular weight excluding hydrogens is 298 g/mol. The molecule has 0 spiro atoms. The van der Waals surface area contributed by atoms with Crippen molar-refractivity contribution < 1.29 is 17.9 Å². The first-order valence-electron chi connectivity index (χ1n) is 6.89. The Kier molecular flexibility index (Phi) is 6.34. The highest BCUT2D eigenvalue weighted by Gasteiger charge is 2.35. The Morgan fingerprint density at radius 1 is 1.35 bits per heavy atom. The number of thioether (sulfide) groups is 1. The molecule has 5 nitrogen and oxygen atoms in total. The van der Waals surface area contributed by atoms with Gasteiger partial charge in [-0.3, -0.25) is 4.79 Å². The van der Waals surface area contributed by atoms with Crippen molar-refractivity contribution in [3.8, 4) is 0 Å². The average molecular weight is 323 g/mol. The maximum absolute atomic E-state index is 12.0. The third-order valence-corrected chi connectivity index (χ3v) is 5.54. The summed E-state index contributed by atoms with van der Waals surface area (Å²) in [6.07, 6.45) is 3.37. The van der Waals surface area contributed by atoms with Crippen LogP contribution in [0, 0.1) is 0 Å². The Hall–Kier alpha value is -0.270. The van der Waals surface area contributed by atoms with Gasteiger partial charge in [0.1, 0.15) is 12.6 Å². The zero-order valence-electron chi connectivity index (χ0n) is 12.7. The molecule has 0 amide bonds. The van der Waals surface area contributed by atoms with E-state index in [1.165, 1.54) is 4.31 Å². The average Bonchev–Trinajstić information content (AvgIpc) is 2.32. The topological polar surface area (TPSA) is 63.7 Å². The highest BCUT2D eigenvalue weighted by atomic mass is 32.2. The second kappa shape index (κ2) is 7.13. The molecule has 0 N–H and O–H groups in total. The summed E-state index contributed by atoms with van der Waals surface area (Å²) in [5.74, 6) is 0.311. The van der Waals surface area contributed by atoms with Gasteiger partial charge in [-0.05, 0) is 19.3 Å². The van der Waals surface area contributed by atoms with Crippen molar-refractivity contribution in [3.05, 3.63) is 0 Å². The molecule has 1 aliphatic rings. The standard InChI is InChI=1S/C13H25NO4S2/c1-13(2,3)19-10-9-18-12(15)11-7-5-6-8-14(11)20(4,16)17/h11H,5-10H2,1-4H3. The van der Waals surface area contributed by atoms with Crippen LogP contribution < -0.4 is 0 Å². The van der Waals surface area contributed by atoms with Gasteiger partial charge in [0.15, 0.2) is 0 Å². The van der Waals surface area contributed by atoms with Gasteiger partial charge in [-0.2, -0.15) is 16.1 Å². The van der Waals surface area contributed by atoms with E-state index in [1.54, 1.807) is 11.8 Å². The van der Waals surface area contributed by atoms with Crippen molar-refractivity contribution in [1.29, 1.82) is 0 Å².